The Morgan fingerprint density at radius 3 is 2.67 bits per heavy atom. The molecule has 0 saturated heterocycles. The average Bonchev–Trinajstić information content (AvgIpc) is 2.72. The van der Waals surface area contributed by atoms with Crippen LogP contribution in [0.3, 0.4) is 0 Å². The van der Waals surface area contributed by atoms with Crippen molar-refractivity contribution in [1.82, 2.24) is 15.5 Å². The van der Waals surface area contributed by atoms with Gasteiger partial charge >= 0.3 is 0 Å². The minimum Gasteiger partial charge on any atom is -0.465 e. The van der Waals surface area contributed by atoms with E-state index in [-0.39, 0.29) is 10.7 Å². The topological polar surface area (TPSA) is 97.1 Å². The van der Waals surface area contributed by atoms with Crippen molar-refractivity contribution in [2.24, 2.45) is 0 Å². The molecule has 2 aromatic rings. The molecule has 0 radical (unpaired) electrons. The summed E-state index contributed by atoms with van der Waals surface area (Å²) in [5, 5.41) is 10.5. The van der Waals surface area contributed by atoms with Crippen LogP contribution in [-0.4, -0.2) is 25.2 Å². The summed E-state index contributed by atoms with van der Waals surface area (Å²) in [6.45, 7) is 6.50. The molecule has 2 N–H and O–H groups in total. The Labute approximate surface area is 123 Å². The Morgan fingerprint density at radius 1 is 1.29 bits per heavy atom. The summed E-state index contributed by atoms with van der Waals surface area (Å²) in [7, 11) is -3.77. The molecular formula is C13H18N4O3S. The van der Waals surface area contributed by atoms with Gasteiger partial charge in [0.05, 0.1) is 0 Å². The molecule has 0 spiro atoms. The lowest BCUT2D eigenvalue weighted by atomic mass is 10.2. The average molecular weight is 310 g/mol. The Bertz CT molecular complexity index is 711. The predicted octanol–water partition coefficient (Wildman–Crippen LogP) is 1.60. The highest BCUT2D eigenvalue weighted by Crippen LogP contribution is 2.27. The quantitative estimate of drug-likeness (QED) is 0.841. The third kappa shape index (κ3) is 3.40. The van der Waals surface area contributed by atoms with E-state index in [1.54, 1.807) is 19.9 Å². The van der Waals surface area contributed by atoms with Gasteiger partial charge in [0.1, 0.15) is 16.4 Å². The molecule has 0 aliphatic rings. The van der Waals surface area contributed by atoms with Crippen LogP contribution < -0.4 is 10.0 Å². The van der Waals surface area contributed by atoms with Gasteiger partial charge in [-0.05, 0) is 32.5 Å². The highest BCUT2D eigenvalue weighted by Gasteiger charge is 2.27. The fourth-order valence-electron chi connectivity index (χ4n) is 2.06. The van der Waals surface area contributed by atoms with Gasteiger partial charge < -0.3 is 9.73 Å². The molecule has 2 heterocycles. The van der Waals surface area contributed by atoms with E-state index in [1.807, 2.05) is 6.92 Å². The van der Waals surface area contributed by atoms with E-state index in [1.165, 1.54) is 12.3 Å². The zero-order valence-electron chi connectivity index (χ0n) is 12.2. The van der Waals surface area contributed by atoms with Crippen LogP contribution in [0.2, 0.25) is 0 Å². The SMILES string of the molecule is CCNCc1c(C)oc(C)c1S(=O)(=O)Nc1cccnn1. The van der Waals surface area contributed by atoms with Crippen LogP contribution in [0.5, 0.6) is 0 Å². The Hall–Kier alpha value is -1.93. The Balaban J connectivity index is 2.40. The first kappa shape index (κ1) is 15.5. The second-order valence-corrected chi connectivity index (χ2v) is 6.14. The summed E-state index contributed by atoms with van der Waals surface area (Å²) in [6.07, 6.45) is 1.47. The molecule has 2 rings (SSSR count). The van der Waals surface area contributed by atoms with Crippen LogP contribution in [0.25, 0.3) is 0 Å². The van der Waals surface area contributed by atoms with Gasteiger partial charge in [-0.25, -0.2) is 8.42 Å². The lowest BCUT2D eigenvalue weighted by molar-refractivity contribution is 0.493. The summed E-state index contributed by atoms with van der Waals surface area (Å²) in [5.74, 6) is 1.12. The van der Waals surface area contributed by atoms with Crippen molar-refractivity contribution in [3.8, 4) is 0 Å². The van der Waals surface area contributed by atoms with Gasteiger partial charge in [-0.2, -0.15) is 5.10 Å². The molecule has 0 aliphatic carbocycles. The summed E-state index contributed by atoms with van der Waals surface area (Å²) in [6, 6.07) is 3.15. The van der Waals surface area contributed by atoms with Crippen molar-refractivity contribution >= 4 is 15.8 Å². The molecule has 2 aromatic heterocycles. The van der Waals surface area contributed by atoms with Gasteiger partial charge in [0.15, 0.2) is 5.82 Å². The van der Waals surface area contributed by atoms with Gasteiger partial charge in [-0.1, -0.05) is 6.92 Å². The largest absolute Gasteiger partial charge is 0.465 e. The smallest absolute Gasteiger partial charge is 0.266 e. The number of nitrogens with zero attached hydrogens (tertiary/aromatic N) is 2. The molecule has 114 valence electrons. The first-order chi connectivity index (χ1) is 9.95. The van der Waals surface area contributed by atoms with Gasteiger partial charge in [-0.15, -0.1) is 5.10 Å². The number of anilines is 1. The van der Waals surface area contributed by atoms with Crippen molar-refractivity contribution in [3.05, 3.63) is 35.4 Å². The zero-order chi connectivity index (χ0) is 15.5. The van der Waals surface area contributed by atoms with E-state index in [4.69, 9.17) is 4.42 Å². The van der Waals surface area contributed by atoms with Crippen molar-refractivity contribution in [1.29, 1.82) is 0 Å². The van der Waals surface area contributed by atoms with Gasteiger partial charge in [0.2, 0.25) is 0 Å². The van der Waals surface area contributed by atoms with E-state index in [0.29, 0.717) is 23.6 Å². The van der Waals surface area contributed by atoms with Gasteiger partial charge in [0.25, 0.3) is 10.0 Å². The van der Waals surface area contributed by atoms with Gasteiger partial charge in [-0.3, -0.25) is 4.72 Å². The van der Waals surface area contributed by atoms with Crippen molar-refractivity contribution in [2.45, 2.75) is 32.2 Å². The summed E-state index contributed by atoms with van der Waals surface area (Å²) in [4.78, 5) is 0.159. The monoisotopic (exact) mass is 310 g/mol. The molecule has 0 unspecified atom stereocenters. The number of nitrogens with one attached hydrogen (secondary N) is 2. The fourth-order valence-corrected chi connectivity index (χ4v) is 3.51. The normalized spacial score (nSPS) is 11.6. The number of aromatic nitrogens is 2. The summed E-state index contributed by atoms with van der Waals surface area (Å²) in [5.41, 5.74) is 0.630. The highest BCUT2D eigenvalue weighted by molar-refractivity contribution is 7.92. The van der Waals surface area contributed by atoms with E-state index in [0.717, 1.165) is 6.54 Å². The Morgan fingerprint density at radius 2 is 2.05 bits per heavy atom. The number of rotatable bonds is 6. The maximum absolute atomic E-state index is 12.6. The minimum absolute atomic E-state index is 0.159. The molecular weight excluding hydrogens is 292 g/mol. The molecule has 0 amide bonds. The molecule has 7 nitrogen and oxygen atoms in total. The maximum Gasteiger partial charge on any atom is 0.266 e. The number of sulfonamides is 1. The standard InChI is InChI=1S/C13H18N4O3S/c1-4-14-8-11-9(2)20-10(3)13(11)21(18,19)17-12-6-5-7-15-16-12/h5-7,14H,4,8H2,1-3H3,(H,16,17). The maximum atomic E-state index is 12.6. The van der Waals surface area contributed by atoms with E-state index >= 15 is 0 Å². The fraction of sp³-hybridized carbons (Fsp3) is 0.385. The molecule has 0 bridgehead atoms. The first-order valence-electron chi connectivity index (χ1n) is 6.55. The summed E-state index contributed by atoms with van der Waals surface area (Å²) >= 11 is 0. The highest BCUT2D eigenvalue weighted by atomic mass is 32.2. The number of furan rings is 1. The predicted molar refractivity (Wildman–Crippen MR) is 78.4 cm³/mol. The van der Waals surface area contributed by atoms with E-state index in [2.05, 4.69) is 20.2 Å². The summed E-state index contributed by atoms with van der Waals surface area (Å²) < 4.78 is 33.0. The number of hydrogen-bond donors (Lipinski definition) is 2. The van der Waals surface area contributed by atoms with Gasteiger partial charge in [0, 0.05) is 18.3 Å². The lowest BCUT2D eigenvalue weighted by Gasteiger charge is -2.08. The molecule has 21 heavy (non-hydrogen) atoms. The molecule has 0 aromatic carbocycles. The third-order valence-corrected chi connectivity index (χ3v) is 4.51. The van der Waals surface area contributed by atoms with E-state index in [9.17, 15) is 8.42 Å². The second kappa shape index (κ2) is 6.23. The van der Waals surface area contributed by atoms with Crippen LogP contribution in [0.15, 0.2) is 27.6 Å². The van der Waals surface area contributed by atoms with Crippen LogP contribution in [0.4, 0.5) is 5.82 Å². The molecule has 0 aliphatic heterocycles. The second-order valence-electron chi connectivity index (χ2n) is 4.52. The van der Waals surface area contributed by atoms with Crippen LogP contribution in [-0.2, 0) is 16.6 Å². The number of hydrogen-bond acceptors (Lipinski definition) is 6. The molecule has 8 heteroatoms. The van der Waals surface area contributed by atoms with Crippen molar-refractivity contribution in [2.75, 3.05) is 11.3 Å². The van der Waals surface area contributed by atoms with Crippen LogP contribution in [0.1, 0.15) is 24.0 Å². The van der Waals surface area contributed by atoms with Crippen LogP contribution in [0, 0.1) is 13.8 Å². The molecule has 0 atom stereocenters. The van der Waals surface area contributed by atoms with Crippen molar-refractivity contribution in [3.63, 3.8) is 0 Å². The molecule has 0 saturated carbocycles. The third-order valence-electron chi connectivity index (χ3n) is 2.96. The lowest BCUT2D eigenvalue weighted by Crippen LogP contribution is -2.19. The Kier molecular flexibility index (Phi) is 4.59. The van der Waals surface area contributed by atoms with E-state index < -0.39 is 10.0 Å². The molecule has 0 fully saturated rings. The zero-order valence-corrected chi connectivity index (χ0v) is 13.0. The first-order valence-corrected chi connectivity index (χ1v) is 8.04. The number of aryl methyl sites for hydroxylation is 2. The van der Waals surface area contributed by atoms with Crippen LogP contribution >= 0.6 is 0 Å². The van der Waals surface area contributed by atoms with Crippen molar-refractivity contribution < 1.29 is 12.8 Å². The minimum atomic E-state index is -3.77.